The van der Waals surface area contributed by atoms with Gasteiger partial charge in [-0.1, -0.05) is 57.9 Å². The van der Waals surface area contributed by atoms with Crippen LogP contribution in [0.3, 0.4) is 0 Å². The Kier molecular flexibility index (Phi) is 6.57. The van der Waals surface area contributed by atoms with Crippen LogP contribution in [0.4, 0.5) is 5.69 Å². The molecule has 0 saturated heterocycles. The van der Waals surface area contributed by atoms with Crippen LogP contribution in [-0.2, 0) is 14.8 Å². The summed E-state index contributed by atoms with van der Waals surface area (Å²) in [7, 11) is -3.69. The Morgan fingerprint density at radius 1 is 1.24 bits per heavy atom. The van der Waals surface area contributed by atoms with E-state index in [-0.39, 0.29) is 10.7 Å². The van der Waals surface area contributed by atoms with Gasteiger partial charge in [0.05, 0.1) is 23.2 Å². The number of hydrogen-bond acceptors (Lipinski definition) is 4. The van der Waals surface area contributed by atoms with Gasteiger partial charge in [-0.25, -0.2) is 13.8 Å². The van der Waals surface area contributed by atoms with Crippen molar-refractivity contribution >= 4 is 55.4 Å². The number of carbonyl (C=O) groups is 1. The minimum atomic E-state index is -3.69. The minimum absolute atomic E-state index is 0.233. The molecule has 2 aromatic carbocycles. The summed E-state index contributed by atoms with van der Waals surface area (Å²) in [5.74, 6) is -0.589. The number of halogens is 2. The molecule has 0 atom stereocenters. The zero-order chi connectivity index (χ0) is 18.4. The quantitative estimate of drug-likeness (QED) is 0.549. The van der Waals surface area contributed by atoms with Crippen LogP contribution in [0, 0.1) is 0 Å². The Morgan fingerprint density at radius 3 is 2.52 bits per heavy atom. The van der Waals surface area contributed by atoms with Crippen LogP contribution >= 0.6 is 27.5 Å². The van der Waals surface area contributed by atoms with Crippen molar-refractivity contribution in [1.82, 2.24) is 5.43 Å². The van der Waals surface area contributed by atoms with Crippen molar-refractivity contribution < 1.29 is 13.2 Å². The maximum atomic E-state index is 12.1. The Morgan fingerprint density at radius 2 is 1.88 bits per heavy atom. The predicted molar refractivity (Wildman–Crippen MR) is 104 cm³/mol. The zero-order valence-corrected chi connectivity index (χ0v) is 16.3. The summed E-state index contributed by atoms with van der Waals surface area (Å²) in [6, 6.07) is 13.7. The molecule has 132 valence electrons. The molecule has 0 fully saturated rings. The third-order valence-electron chi connectivity index (χ3n) is 3.11. The number of amides is 1. The lowest BCUT2D eigenvalue weighted by atomic mass is 10.2. The van der Waals surface area contributed by atoms with Crippen LogP contribution < -0.4 is 9.73 Å². The number of hydrazone groups is 1. The molecule has 2 rings (SSSR count). The van der Waals surface area contributed by atoms with Gasteiger partial charge in [-0.15, -0.1) is 0 Å². The number of nitrogens with one attached hydrogen (secondary N) is 1. The molecular weight excluding hydrogens is 430 g/mol. The van der Waals surface area contributed by atoms with E-state index in [1.807, 2.05) is 24.3 Å². The van der Waals surface area contributed by atoms with E-state index in [4.69, 9.17) is 11.6 Å². The molecule has 0 saturated carbocycles. The lowest BCUT2D eigenvalue weighted by molar-refractivity contribution is -0.119. The van der Waals surface area contributed by atoms with E-state index in [0.717, 1.165) is 20.6 Å². The second kappa shape index (κ2) is 8.46. The van der Waals surface area contributed by atoms with Gasteiger partial charge in [0.2, 0.25) is 10.0 Å². The van der Waals surface area contributed by atoms with Crippen molar-refractivity contribution in [3.8, 4) is 0 Å². The average molecular weight is 445 g/mol. The first-order valence-corrected chi connectivity index (χ1v) is 10.1. The first-order chi connectivity index (χ1) is 11.8. The van der Waals surface area contributed by atoms with E-state index >= 15 is 0 Å². The van der Waals surface area contributed by atoms with Gasteiger partial charge < -0.3 is 0 Å². The standard InChI is InChI=1S/C16H15BrClN3O3S/c1-25(23,24)21(15-9-5-4-8-14(15)18)11-16(22)20-19-10-12-6-2-3-7-13(12)17/h2-10H,11H2,1H3,(H,20,22)/b19-10-. The van der Waals surface area contributed by atoms with Crippen molar-refractivity contribution in [3.05, 3.63) is 63.6 Å². The molecule has 0 spiro atoms. The maximum absolute atomic E-state index is 12.1. The van der Waals surface area contributed by atoms with Crippen LogP contribution in [0.1, 0.15) is 5.56 Å². The number of carbonyl (C=O) groups excluding carboxylic acids is 1. The summed E-state index contributed by atoms with van der Waals surface area (Å²) >= 11 is 9.40. The van der Waals surface area contributed by atoms with Gasteiger partial charge in [0.15, 0.2) is 0 Å². The third kappa shape index (κ3) is 5.55. The Labute approximate surface area is 159 Å². The van der Waals surface area contributed by atoms with Crippen LogP contribution in [0.2, 0.25) is 5.02 Å². The molecule has 0 aromatic heterocycles. The highest BCUT2D eigenvalue weighted by molar-refractivity contribution is 9.10. The summed E-state index contributed by atoms with van der Waals surface area (Å²) in [6.07, 6.45) is 2.47. The van der Waals surface area contributed by atoms with Crippen molar-refractivity contribution in [2.75, 3.05) is 17.1 Å². The van der Waals surface area contributed by atoms with E-state index < -0.39 is 22.5 Å². The SMILES string of the molecule is CS(=O)(=O)N(CC(=O)N/N=C\c1ccccc1Br)c1ccccc1Cl. The molecule has 0 bridgehead atoms. The number of nitrogens with zero attached hydrogens (tertiary/aromatic N) is 2. The van der Waals surface area contributed by atoms with Crippen LogP contribution in [0.5, 0.6) is 0 Å². The van der Waals surface area contributed by atoms with Gasteiger partial charge in [0.1, 0.15) is 6.54 Å². The molecule has 6 nitrogen and oxygen atoms in total. The molecule has 9 heteroatoms. The number of rotatable bonds is 6. The van der Waals surface area contributed by atoms with Gasteiger partial charge in [-0.05, 0) is 18.2 Å². The molecule has 0 aliphatic heterocycles. The van der Waals surface area contributed by atoms with Gasteiger partial charge in [0, 0.05) is 10.0 Å². The minimum Gasteiger partial charge on any atom is -0.271 e. The van der Waals surface area contributed by atoms with Crippen molar-refractivity contribution in [1.29, 1.82) is 0 Å². The highest BCUT2D eigenvalue weighted by Gasteiger charge is 2.22. The largest absolute Gasteiger partial charge is 0.271 e. The number of para-hydroxylation sites is 1. The summed E-state index contributed by atoms with van der Waals surface area (Å²) in [5.41, 5.74) is 3.32. The molecule has 1 amide bonds. The summed E-state index contributed by atoms with van der Waals surface area (Å²) in [6.45, 7) is -0.435. The second-order valence-electron chi connectivity index (χ2n) is 5.04. The number of benzene rings is 2. The van der Waals surface area contributed by atoms with Crippen LogP contribution in [0.25, 0.3) is 0 Å². The first-order valence-electron chi connectivity index (χ1n) is 7.07. The van der Waals surface area contributed by atoms with Crippen molar-refractivity contribution in [2.24, 2.45) is 5.10 Å². The Balaban J connectivity index is 2.11. The lowest BCUT2D eigenvalue weighted by Crippen LogP contribution is -2.39. The van der Waals surface area contributed by atoms with Gasteiger partial charge >= 0.3 is 0 Å². The molecule has 25 heavy (non-hydrogen) atoms. The Bertz CT molecular complexity index is 903. The monoisotopic (exact) mass is 443 g/mol. The van der Waals surface area contributed by atoms with Crippen LogP contribution in [-0.4, -0.2) is 33.3 Å². The van der Waals surface area contributed by atoms with E-state index in [9.17, 15) is 13.2 Å². The smallest absolute Gasteiger partial charge is 0.260 e. The molecule has 0 aliphatic carbocycles. The molecule has 2 aromatic rings. The van der Waals surface area contributed by atoms with E-state index in [1.54, 1.807) is 18.2 Å². The topological polar surface area (TPSA) is 78.8 Å². The fourth-order valence-electron chi connectivity index (χ4n) is 1.95. The van der Waals surface area contributed by atoms with E-state index in [2.05, 4.69) is 26.5 Å². The fourth-order valence-corrected chi connectivity index (χ4v) is 3.50. The normalized spacial score (nSPS) is 11.5. The molecule has 0 aliphatic rings. The number of sulfonamides is 1. The summed E-state index contributed by atoms with van der Waals surface area (Å²) in [4.78, 5) is 12.1. The highest BCUT2D eigenvalue weighted by atomic mass is 79.9. The molecule has 1 N–H and O–H groups in total. The lowest BCUT2D eigenvalue weighted by Gasteiger charge is -2.22. The molecular formula is C16H15BrClN3O3S. The summed E-state index contributed by atoms with van der Waals surface area (Å²) < 4.78 is 25.8. The third-order valence-corrected chi connectivity index (χ3v) is 5.28. The van der Waals surface area contributed by atoms with E-state index in [1.165, 1.54) is 12.3 Å². The maximum Gasteiger partial charge on any atom is 0.260 e. The fraction of sp³-hybridized carbons (Fsp3) is 0.125. The Hall–Kier alpha value is -1.90. The van der Waals surface area contributed by atoms with Gasteiger partial charge in [-0.3, -0.25) is 9.10 Å². The van der Waals surface area contributed by atoms with E-state index in [0.29, 0.717) is 0 Å². The van der Waals surface area contributed by atoms with Gasteiger partial charge in [0.25, 0.3) is 5.91 Å². The van der Waals surface area contributed by atoms with Crippen molar-refractivity contribution in [3.63, 3.8) is 0 Å². The van der Waals surface area contributed by atoms with Gasteiger partial charge in [-0.2, -0.15) is 5.10 Å². The zero-order valence-electron chi connectivity index (χ0n) is 13.2. The second-order valence-corrected chi connectivity index (χ2v) is 8.20. The summed E-state index contributed by atoms with van der Waals surface area (Å²) in [5, 5.41) is 4.08. The highest BCUT2D eigenvalue weighted by Crippen LogP contribution is 2.26. The first kappa shape index (κ1) is 19.4. The predicted octanol–water partition coefficient (Wildman–Crippen LogP) is 3.02. The average Bonchev–Trinajstić information content (AvgIpc) is 2.54. The number of anilines is 1. The number of hydrogen-bond donors (Lipinski definition) is 1. The molecule has 0 radical (unpaired) electrons. The molecule has 0 unspecified atom stereocenters. The van der Waals surface area contributed by atoms with Crippen molar-refractivity contribution in [2.45, 2.75) is 0 Å². The molecule has 0 heterocycles. The van der Waals surface area contributed by atoms with Crippen LogP contribution in [0.15, 0.2) is 58.1 Å².